The van der Waals surface area contributed by atoms with E-state index in [1.54, 1.807) is 0 Å². The third-order valence-corrected chi connectivity index (χ3v) is 4.90. The Hall–Kier alpha value is -0.270. The number of hydrogen-bond acceptors (Lipinski definition) is 0. The van der Waals surface area contributed by atoms with Crippen molar-refractivity contribution in [1.29, 1.82) is 0 Å². The molecular weight excluding hydrogens is 321 g/mol. The van der Waals surface area contributed by atoms with E-state index in [-0.39, 0.29) is 0 Å². The molecule has 0 radical (unpaired) electrons. The lowest BCUT2D eigenvalue weighted by atomic mass is 9.98. The van der Waals surface area contributed by atoms with E-state index in [9.17, 15) is 0 Å². The van der Waals surface area contributed by atoms with Crippen molar-refractivity contribution in [2.75, 3.05) is 0 Å². The first-order valence-corrected chi connectivity index (χ1v) is 9.84. The van der Waals surface area contributed by atoms with Crippen molar-refractivity contribution in [1.82, 2.24) is 0 Å². The molecule has 2 aliphatic carbocycles. The highest BCUT2D eigenvalue weighted by atomic mass is 31.1. The van der Waals surface area contributed by atoms with Gasteiger partial charge in [-0.1, -0.05) is 68.0 Å². The Kier molecular flexibility index (Phi) is 7.02. The summed E-state index contributed by atoms with van der Waals surface area (Å²) in [7, 11) is 8.52. The minimum absolute atomic E-state index is 0.466. The van der Waals surface area contributed by atoms with Gasteiger partial charge in [-0.3, -0.25) is 0 Å². The maximum Gasteiger partial charge on any atom is -0.00635 e. The summed E-state index contributed by atoms with van der Waals surface area (Å²) in [6, 6.07) is 0. The maximum atomic E-state index is 2.86. The molecule has 0 saturated carbocycles. The van der Waals surface area contributed by atoms with E-state index in [1.165, 1.54) is 28.5 Å². The van der Waals surface area contributed by atoms with Gasteiger partial charge in [0.2, 0.25) is 0 Å². The molecule has 0 fully saturated rings. The van der Waals surface area contributed by atoms with Crippen LogP contribution in [0.1, 0.15) is 26.7 Å². The van der Waals surface area contributed by atoms with Crippen LogP contribution in [0, 0.1) is 11.8 Å². The van der Waals surface area contributed by atoms with Gasteiger partial charge < -0.3 is 0 Å². The molecule has 2 rings (SSSR count). The molecule has 0 bridgehead atoms. The number of allylic oxidation sites excluding steroid dienone is 12. The predicted octanol–water partition coefficient (Wildman–Crippen LogP) is 5.79. The third kappa shape index (κ3) is 5.74. The van der Waals surface area contributed by atoms with Crippen LogP contribution in [0.15, 0.2) is 70.6 Å². The summed E-state index contributed by atoms with van der Waals surface area (Å²) in [5.41, 5.74) is 4.11. The van der Waals surface area contributed by atoms with Gasteiger partial charge in [-0.2, -0.15) is 0 Å². The molecule has 118 valence electrons. The fourth-order valence-corrected chi connectivity index (χ4v) is 3.53. The molecule has 0 aromatic carbocycles. The van der Waals surface area contributed by atoms with E-state index in [0.29, 0.717) is 17.2 Å². The van der Waals surface area contributed by atoms with Crippen LogP contribution < -0.4 is 0 Å². The molecule has 3 heteroatoms. The Morgan fingerprint density at radius 2 is 1.45 bits per heavy atom. The average molecular weight is 348 g/mol. The minimum atomic E-state index is 0.466. The smallest absolute Gasteiger partial charge is 0.00635 e. The van der Waals surface area contributed by atoms with Gasteiger partial charge >= 0.3 is 0 Å². The zero-order valence-corrected chi connectivity index (χ0v) is 17.0. The summed E-state index contributed by atoms with van der Waals surface area (Å²) in [4.78, 5) is 0. The van der Waals surface area contributed by atoms with E-state index in [1.807, 2.05) is 0 Å². The van der Waals surface area contributed by atoms with Gasteiger partial charge in [-0.05, 0) is 46.5 Å². The Morgan fingerprint density at radius 1 is 0.864 bits per heavy atom. The lowest BCUT2D eigenvalue weighted by Gasteiger charge is -2.07. The Bertz CT molecular complexity index is 586. The van der Waals surface area contributed by atoms with Crippen LogP contribution >= 0.6 is 27.7 Å². The molecule has 0 N–H and O–H groups in total. The first-order chi connectivity index (χ1) is 10.4. The fraction of sp³-hybridized carbons (Fsp3) is 0.368. The molecular formula is C19H27P3. The third-order valence-electron chi connectivity index (χ3n) is 3.85. The van der Waals surface area contributed by atoms with Crippen molar-refractivity contribution in [2.24, 2.45) is 11.8 Å². The Morgan fingerprint density at radius 3 is 2.09 bits per heavy atom. The average Bonchev–Trinajstić information content (AvgIpc) is 2.72. The maximum absolute atomic E-state index is 2.86. The molecule has 0 amide bonds. The van der Waals surface area contributed by atoms with Gasteiger partial charge in [0.25, 0.3) is 0 Å². The normalized spacial score (nSPS) is 25.2. The van der Waals surface area contributed by atoms with Crippen LogP contribution in [0.25, 0.3) is 0 Å². The van der Waals surface area contributed by atoms with Crippen LogP contribution in [0.3, 0.4) is 0 Å². The molecule has 0 spiro atoms. The lowest BCUT2D eigenvalue weighted by molar-refractivity contribution is 0.869. The second-order valence-electron chi connectivity index (χ2n) is 6.24. The first-order valence-electron chi connectivity index (χ1n) is 7.93. The van der Waals surface area contributed by atoms with Crippen molar-refractivity contribution in [3.8, 4) is 0 Å². The van der Waals surface area contributed by atoms with Crippen molar-refractivity contribution in [2.45, 2.75) is 32.1 Å². The quantitative estimate of drug-likeness (QED) is 0.564. The summed E-state index contributed by atoms with van der Waals surface area (Å²) in [5, 5.41) is 1.86. The van der Waals surface area contributed by atoms with Gasteiger partial charge in [0.15, 0.2) is 0 Å². The highest BCUT2D eigenvalue weighted by molar-refractivity contribution is 7.37. The van der Waals surface area contributed by atoms with Gasteiger partial charge in [-0.15, -0.1) is 27.7 Å². The molecule has 5 atom stereocenters. The topological polar surface area (TPSA) is 0 Å². The summed E-state index contributed by atoms with van der Waals surface area (Å²) in [6.07, 6.45) is 20.7. The van der Waals surface area contributed by atoms with Crippen molar-refractivity contribution < 1.29 is 0 Å². The van der Waals surface area contributed by atoms with Gasteiger partial charge in [-0.25, -0.2) is 0 Å². The molecule has 0 saturated heterocycles. The molecule has 2 aliphatic rings. The summed E-state index contributed by atoms with van der Waals surface area (Å²) < 4.78 is 0. The summed E-state index contributed by atoms with van der Waals surface area (Å²) in [5.74, 6) is 0.941. The molecule has 0 heterocycles. The minimum Gasteiger partial charge on any atom is -0.130 e. The second kappa shape index (κ2) is 8.55. The van der Waals surface area contributed by atoms with Crippen LogP contribution in [0.2, 0.25) is 0 Å². The van der Waals surface area contributed by atoms with Crippen LogP contribution in [0.4, 0.5) is 0 Å². The van der Waals surface area contributed by atoms with E-state index in [4.69, 9.17) is 0 Å². The van der Waals surface area contributed by atoms with Crippen molar-refractivity contribution in [3.63, 3.8) is 0 Å². The molecule has 0 aliphatic heterocycles. The number of hydrogen-bond donors (Lipinski definition) is 0. The van der Waals surface area contributed by atoms with Crippen LogP contribution in [-0.4, -0.2) is 5.40 Å². The SMILES string of the molecule is CC1C=C(P)C=CC(C2=CC(C)C=C(CCC(P)P)C=C2)=C1. The zero-order chi connectivity index (χ0) is 16.1. The molecule has 0 nitrogen and oxygen atoms in total. The van der Waals surface area contributed by atoms with Crippen molar-refractivity contribution in [3.05, 3.63) is 70.6 Å². The zero-order valence-electron chi connectivity index (χ0n) is 13.5. The van der Waals surface area contributed by atoms with Gasteiger partial charge in [0.1, 0.15) is 0 Å². The predicted molar refractivity (Wildman–Crippen MR) is 111 cm³/mol. The molecule has 22 heavy (non-hydrogen) atoms. The number of rotatable bonds is 4. The summed E-state index contributed by atoms with van der Waals surface area (Å²) in [6.45, 7) is 4.51. The lowest BCUT2D eigenvalue weighted by Crippen LogP contribution is -1.91. The molecule has 0 aromatic rings. The van der Waals surface area contributed by atoms with E-state index >= 15 is 0 Å². The second-order valence-corrected chi connectivity index (χ2v) is 9.39. The van der Waals surface area contributed by atoms with E-state index in [0.717, 1.165) is 6.42 Å². The first kappa shape index (κ1) is 18.1. The molecule has 5 unspecified atom stereocenters. The monoisotopic (exact) mass is 348 g/mol. The largest absolute Gasteiger partial charge is 0.130 e. The summed E-state index contributed by atoms with van der Waals surface area (Å²) >= 11 is 0. The highest BCUT2D eigenvalue weighted by Gasteiger charge is 2.10. The van der Waals surface area contributed by atoms with Gasteiger partial charge in [0.05, 0.1) is 0 Å². The standard InChI is InChI=1S/C19H27P3/c1-13-9-15(4-8-19(21)22)3-5-16(10-13)17-6-7-18(20)12-14(2)11-17/h3,5-7,9-14,19H,4,8,20-22H2,1-2H3. The van der Waals surface area contributed by atoms with Crippen LogP contribution in [0.5, 0.6) is 0 Å². The Balaban J connectivity index is 2.17. The van der Waals surface area contributed by atoms with E-state index in [2.05, 4.69) is 90.2 Å². The van der Waals surface area contributed by atoms with Crippen molar-refractivity contribution >= 4 is 27.7 Å². The fourth-order valence-electron chi connectivity index (χ4n) is 2.79. The highest BCUT2D eigenvalue weighted by Crippen LogP contribution is 2.28. The Labute approximate surface area is 142 Å². The molecule has 0 aromatic heterocycles. The van der Waals surface area contributed by atoms with E-state index < -0.39 is 0 Å². The van der Waals surface area contributed by atoms with Crippen LogP contribution in [-0.2, 0) is 0 Å². The van der Waals surface area contributed by atoms with Gasteiger partial charge in [0, 0.05) is 0 Å².